The summed E-state index contributed by atoms with van der Waals surface area (Å²) in [5.41, 5.74) is -1.19. The number of rotatable bonds is 2. The highest BCUT2D eigenvalue weighted by Crippen LogP contribution is 2.27. The zero-order valence-corrected chi connectivity index (χ0v) is 6.30. The van der Waals surface area contributed by atoms with E-state index in [9.17, 15) is 18.0 Å². The number of benzene rings is 1. The largest absolute Gasteiger partial charge is 0.266 e. The number of hydrogen-bond acceptors (Lipinski definition) is 2. The summed E-state index contributed by atoms with van der Waals surface area (Å²) in [7, 11) is 0. The summed E-state index contributed by atoms with van der Waals surface area (Å²) >= 11 is 0. The molecular weight excluding hydrogens is 183 g/mol. The van der Waals surface area contributed by atoms with E-state index in [0.29, 0.717) is 0 Å². The number of halogens is 3. The Morgan fingerprint density at radius 1 is 1.38 bits per heavy atom. The molecule has 0 unspecified atom stereocenters. The highest BCUT2D eigenvalue weighted by atomic mass is 19.3. The lowest BCUT2D eigenvalue weighted by atomic mass is 10.2. The molecule has 0 fully saturated rings. The Morgan fingerprint density at radius 2 is 2.08 bits per heavy atom. The van der Waals surface area contributed by atoms with E-state index in [-0.39, 0.29) is 0 Å². The van der Waals surface area contributed by atoms with Crippen LogP contribution in [0, 0.1) is 5.82 Å². The average molecular weight is 187 g/mol. The van der Waals surface area contributed by atoms with Crippen molar-refractivity contribution in [2.45, 2.75) is 6.43 Å². The first kappa shape index (κ1) is 9.48. The number of aliphatic imine (C=N–C) groups is 1. The van der Waals surface area contributed by atoms with Crippen LogP contribution in [0.25, 0.3) is 0 Å². The molecule has 0 N–H and O–H groups in total. The molecule has 0 radical (unpaired) electrons. The maximum atomic E-state index is 13.0. The Labute approximate surface area is 71.7 Å². The van der Waals surface area contributed by atoms with Gasteiger partial charge in [-0.1, -0.05) is 12.1 Å². The molecule has 0 aromatic heterocycles. The number of nitrogens with zero attached hydrogens (tertiary/aromatic N) is 1. The molecule has 0 amide bonds. The van der Waals surface area contributed by atoms with Gasteiger partial charge in [0.15, 0.2) is 5.82 Å². The first-order chi connectivity index (χ1) is 6.16. The highest BCUT2D eigenvalue weighted by Gasteiger charge is 2.15. The van der Waals surface area contributed by atoms with Gasteiger partial charge in [0, 0.05) is 0 Å². The second kappa shape index (κ2) is 3.87. The molecule has 0 heterocycles. The molecule has 1 aromatic rings. The van der Waals surface area contributed by atoms with Gasteiger partial charge in [-0.25, -0.2) is 18.0 Å². The average Bonchev–Trinajstić information content (AvgIpc) is 2.08. The van der Waals surface area contributed by atoms with Gasteiger partial charge in [0.25, 0.3) is 6.43 Å². The second-order valence-corrected chi connectivity index (χ2v) is 2.18. The van der Waals surface area contributed by atoms with Gasteiger partial charge in [0.1, 0.15) is 5.69 Å². The van der Waals surface area contributed by atoms with Crippen molar-refractivity contribution in [3.05, 3.63) is 29.6 Å². The van der Waals surface area contributed by atoms with Crippen LogP contribution in [0.3, 0.4) is 0 Å². The van der Waals surface area contributed by atoms with Crippen molar-refractivity contribution in [1.82, 2.24) is 0 Å². The fraction of sp³-hybridized carbons (Fsp3) is 0.125. The standard InChI is InChI=1S/C8H4F3NO/c9-7-5(8(10)11)2-1-3-6(7)12-4-13/h1-3,8H. The van der Waals surface area contributed by atoms with E-state index in [1.807, 2.05) is 0 Å². The van der Waals surface area contributed by atoms with Crippen LogP contribution in [-0.4, -0.2) is 6.08 Å². The van der Waals surface area contributed by atoms with Crippen molar-refractivity contribution < 1.29 is 18.0 Å². The quantitative estimate of drug-likeness (QED) is 0.517. The lowest BCUT2D eigenvalue weighted by molar-refractivity contribution is 0.146. The van der Waals surface area contributed by atoms with Gasteiger partial charge >= 0.3 is 0 Å². The monoisotopic (exact) mass is 187 g/mol. The minimum atomic E-state index is -2.91. The molecule has 0 spiro atoms. The van der Waals surface area contributed by atoms with Crippen molar-refractivity contribution in [1.29, 1.82) is 0 Å². The third-order valence-electron chi connectivity index (χ3n) is 1.41. The topological polar surface area (TPSA) is 29.4 Å². The highest BCUT2D eigenvalue weighted by molar-refractivity contribution is 5.51. The molecule has 0 aliphatic rings. The molecule has 13 heavy (non-hydrogen) atoms. The Morgan fingerprint density at radius 3 is 2.62 bits per heavy atom. The smallest absolute Gasteiger partial charge is 0.211 e. The Hall–Kier alpha value is -1.61. The lowest BCUT2D eigenvalue weighted by Crippen LogP contribution is -1.89. The summed E-state index contributed by atoms with van der Waals surface area (Å²) in [4.78, 5) is 12.7. The Balaban J connectivity index is 3.25. The van der Waals surface area contributed by atoms with Gasteiger partial charge in [-0.2, -0.15) is 4.99 Å². The molecular formula is C8H4F3NO. The molecule has 0 saturated heterocycles. The summed E-state index contributed by atoms with van der Waals surface area (Å²) in [5, 5.41) is 0. The van der Waals surface area contributed by atoms with Crippen LogP contribution in [0.4, 0.5) is 18.9 Å². The maximum Gasteiger partial charge on any atom is 0.266 e. The lowest BCUT2D eigenvalue weighted by Gasteiger charge is -2.01. The molecule has 0 aliphatic heterocycles. The molecule has 0 aliphatic carbocycles. The first-order valence-corrected chi connectivity index (χ1v) is 3.31. The van der Waals surface area contributed by atoms with Crippen molar-refractivity contribution in [2.75, 3.05) is 0 Å². The van der Waals surface area contributed by atoms with Gasteiger partial charge in [-0.15, -0.1) is 0 Å². The molecule has 1 aromatic carbocycles. The Bertz CT molecular complexity index is 358. The molecule has 0 bridgehead atoms. The van der Waals surface area contributed by atoms with Crippen LogP contribution in [0.15, 0.2) is 23.2 Å². The number of hydrogen-bond donors (Lipinski definition) is 0. The molecule has 5 heteroatoms. The van der Waals surface area contributed by atoms with Crippen LogP contribution in [0.5, 0.6) is 0 Å². The van der Waals surface area contributed by atoms with Gasteiger partial charge in [0.05, 0.1) is 5.56 Å². The van der Waals surface area contributed by atoms with Crippen molar-refractivity contribution >= 4 is 11.8 Å². The molecule has 0 atom stereocenters. The maximum absolute atomic E-state index is 13.0. The van der Waals surface area contributed by atoms with Crippen LogP contribution >= 0.6 is 0 Å². The predicted molar refractivity (Wildman–Crippen MR) is 39.1 cm³/mol. The third kappa shape index (κ3) is 1.95. The fourth-order valence-electron chi connectivity index (χ4n) is 0.841. The number of carbonyl (C=O) groups excluding carboxylic acids is 1. The zero-order valence-electron chi connectivity index (χ0n) is 6.30. The third-order valence-corrected chi connectivity index (χ3v) is 1.41. The van der Waals surface area contributed by atoms with Crippen LogP contribution in [-0.2, 0) is 4.79 Å². The zero-order chi connectivity index (χ0) is 9.84. The molecule has 68 valence electrons. The molecule has 2 nitrogen and oxygen atoms in total. The van der Waals surface area contributed by atoms with E-state index in [1.165, 1.54) is 6.07 Å². The van der Waals surface area contributed by atoms with Crippen LogP contribution in [0.2, 0.25) is 0 Å². The van der Waals surface area contributed by atoms with E-state index < -0.39 is 23.5 Å². The van der Waals surface area contributed by atoms with E-state index in [1.54, 1.807) is 0 Å². The van der Waals surface area contributed by atoms with Crippen molar-refractivity contribution in [3.63, 3.8) is 0 Å². The van der Waals surface area contributed by atoms with Gasteiger partial charge in [-0.05, 0) is 6.07 Å². The normalized spacial score (nSPS) is 9.85. The van der Waals surface area contributed by atoms with E-state index in [0.717, 1.165) is 18.2 Å². The summed E-state index contributed by atoms with van der Waals surface area (Å²) in [5.74, 6) is -1.18. The summed E-state index contributed by atoms with van der Waals surface area (Å²) in [6, 6.07) is 3.25. The van der Waals surface area contributed by atoms with Crippen molar-refractivity contribution in [3.8, 4) is 0 Å². The molecule has 0 saturated carbocycles. The summed E-state index contributed by atoms with van der Waals surface area (Å²) in [6.45, 7) is 0. The summed E-state index contributed by atoms with van der Waals surface area (Å²) in [6.07, 6.45) is -1.83. The second-order valence-electron chi connectivity index (χ2n) is 2.18. The van der Waals surface area contributed by atoms with Gasteiger partial charge in [0.2, 0.25) is 6.08 Å². The predicted octanol–water partition coefficient (Wildman–Crippen LogP) is 2.73. The van der Waals surface area contributed by atoms with E-state index in [4.69, 9.17) is 0 Å². The number of alkyl halides is 2. The molecule has 1 rings (SSSR count). The first-order valence-electron chi connectivity index (χ1n) is 3.31. The SMILES string of the molecule is O=C=Nc1cccc(C(F)F)c1F. The van der Waals surface area contributed by atoms with Crippen molar-refractivity contribution in [2.24, 2.45) is 4.99 Å². The van der Waals surface area contributed by atoms with Gasteiger partial charge < -0.3 is 0 Å². The van der Waals surface area contributed by atoms with Crippen LogP contribution in [0.1, 0.15) is 12.0 Å². The van der Waals surface area contributed by atoms with Gasteiger partial charge in [-0.3, -0.25) is 0 Å². The van der Waals surface area contributed by atoms with E-state index in [2.05, 4.69) is 4.99 Å². The minimum Gasteiger partial charge on any atom is -0.211 e. The fourth-order valence-corrected chi connectivity index (χ4v) is 0.841. The number of isocyanates is 1. The Kier molecular flexibility index (Phi) is 2.82. The van der Waals surface area contributed by atoms with E-state index >= 15 is 0 Å². The minimum absolute atomic E-state index is 0.423. The van der Waals surface area contributed by atoms with Crippen LogP contribution < -0.4 is 0 Å². The summed E-state index contributed by atoms with van der Waals surface area (Å²) < 4.78 is 37.1.